The van der Waals surface area contributed by atoms with Gasteiger partial charge in [0.15, 0.2) is 17.6 Å². The van der Waals surface area contributed by atoms with Crippen LogP contribution in [-0.4, -0.2) is 31.6 Å². The first-order valence-corrected chi connectivity index (χ1v) is 7.40. The van der Waals surface area contributed by atoms with E-state index in [4.69, 9.17) is 0 Å². The van der Waals surface area contributed by atoms with Crippen molar-refractivity contribution in [3.8, 4) is 0 Å². The molecule has 0 aliphatic carbocycles. The zero-order chi connectivity index (χ0) is 16.8. The molecule has 0 radical (unpaired) electrons. The molecule has 3 N–H and O–H groups in total. The Kier molecular flexibility index (Phi) is 6.74. The van der Waals surface area contributed by atoms with Crippen LogP contribution in [0.15, 0.2) is 23.2 Å². The van der Waals surface area contributed by atoms with E-state index < -0.39 is 11.6 Å². The van der Waals surface area contributed by atoms with Crippen LogP contribution >= 0.6 is 0 Å². The summed E-state index contributed by atoms with van der Waals surface area (Å²) in [5.41, 5.74) is 0.729. The second-order valence-corrected chi connectivity index (χ2v) is 6.22. The Morgan fingerprint density at radius 2 is 1.86 bits per heavy atom. The third kappa shape index (κ3) is 6.39. The maximum absolute atomic E-state index is 13.3. The minimum absolute atomic E-state index is 0.0670. The minimum Gasteiger partial charge on any atom is -0.355 e. The van der Waals surface area contributed by atoms with Gasteiger partial charge in [0.05, 0.1) is 6.04 Å². The molecule has 6 heteroatoms. The Balaban J connectivity index is 2.50. The molecule has 1 atom stereocenters. The van der Waals surface area contributed by atoms with Crippen LogP contribution in [0.4, 0.5) is 8.78 Å². The Labute approximate surface area is 131 Å². The fourth-order valence-corrected chi connectivity index (χ4v) is 1.88. The summed E-state index contributed by atoms with van der Waals surface area (Å²) in [5.74, 6) is -1.07. The summed E-state index contributed by atoms with van der Waals surface area (Å²) in [6.07, 6.45) is 0. The van der Waals surface area contributed by atoms with Gasteiger partial charge in [-0.3, -0.25) is 4.99 Å². The number of nitrogens with one attached hydrogen (secondary N) is 3. The lowest BCUT2D eigenvalue weighted by Gasteiger charge is -2.22. The summed E-state index contributed by atoms with van der Waals surface area (Å²) in [6.45, 7) is 9.68. The van der Waals surface area contributed by atoms with Gasteiger partial charge < -0.3 is 16.0 Å². The van der Waals surface area contributed by atoms with E-state index in [1.165, 1.54) is 6.07 Å². The van der Waals surface area contributed by atoms with Crippen LogP contribution in [0.3, 0.4) is 0 Å². The molecule has 1 aromatic rings. The second kappa shape index (κ2) is 8.08. The number of guanidine groups is 1. The third-order valence-corrected chi connectivity index (χ3v) is 3.09. The highest BCUT2D eigenvalue weighted by Gasteiger charge is 2.11. The highest BCUT2D eigenvalue weighted by Crippen LogP contribution is 2.15. The smallest absolute Gasteiger partial charge is 0.191 e. The van der Waals surface area contributed by atoms with Crippen molar-refractivity contribution in [2.75, 3.05) is 20.1 Å². The van der Waals surface area contributed by atoms with Gasteiger partial charge in [0.25, 0.3) is 0 Å². The molecule has 22 heavy (non-hydrogen) atoms. The van der Waals surface area contributed by atoms with Gasteiger partial charge in [-0.25, -0.2) is 8.78 Å². The average Bonchev–Trinajstić information content (AvgIpc) is 2.43. The molecule has 0 aromatic heterocycles. The van der Waals surface area contributed by atoms with Crippen LogP contribution in [0.25, 0.3) is 0 Å². The van der Waals surface area contributed by atoms with Gasteiger partial charge in [0.1, 0.15) is 0 Å². The molecule has 0 aliphatic rings. The summed E-state index contributed by atoms with van der Waals surface area (Å²) in [7, 11) is 1.67. The van der Waals surface area contributed by atoms with Crippen LogP contribution in [0.2, 0.25) is 0 Å². The number of aliphatic imine (C=N–C) groups is 1. The van der Waals surface area contributed by atoms with E-state index in [9.17, 15) is 8.78 Å². The van der Waals surface area contributed by atoms with E-state index in [0.29, 0.717) is 18.1 Å². The molecule has 0 aliphatic heterocycles. The van der Waals surface area contributed by atoms with Gasteiger partial charge in [-0.1, -0.05) is 6.07 Å². The minimum atomic E-state index is -0.844. The Morgan fingerprint density at radius 1 is 1.18 bits per heavy atom. The quantitative estimate of drug-likeness (QED) is 0.445. The lowest BCUT2D eigenvalue weighted by molar-refractivity contribution is 0.428. The van der Waals surface area contributed by atoms with Crippen molar-refractivity contribution in [3.05, 3.63) is 35.4 Å². The van der Waals surface area contributed by atoms with Gasteiger partial charge >= 0.3 is 0 Å². The van der Waals surface area contributed by atoms with Gasteiger partial charge in [0.2, 0.25) is 0 Å². The highest BCUT2D eigenvalue weighted by atomic mass is 19.2. The molecule has 1 rings (SSSR count). The van der Waals surface area contributed by atoms with Crippen molar-refractivity contribution in [1.29, 1.82) is 0 Å². The lowest BCUT2D eigenvalue weighted by Crippen LogP contribution is -2.45. The predicted octanol–water partition coefficient (Wildman–Crippen LogP) is 2.58. The molecule has 124 valence electrons. The van der Waals surface area contributed by atoms with Crippen molar-refractivity contribution in [2.45, 2.75) is 39.3 Å². The first-order valence-electron chi connectivity index (χ1n) is 7.40. The Morgan fingerprint density at radius 3 is 2.41 bits per heavy atom. The molecule has 1 unspecified atom stereocenters. The molecule has 0 bridgehead atoms. The van der Waals surface area contributed by atoms with Crippen molar-refractivity contribution >= 4 is 5.96 Å². The molecule has 0 heterocycles. The number of hydrogen-bond acceptors (Lipinski definition) is 2. The molecular formula is C16H26F2N4. The normalized spacial score (nSPS) is 13.9. The van der Waals surface area contributed by atoms with Gasteiger partial charge in [-0.2, -0.15) is 0 Å². The summed E-state index contributed by atoms with van der Waals surface area (Å²) in [6, 6.07) is 3.70. The van der Waals surface area contributed by atoms with Gasteiger partial charge in [0, 0.05) is 25.7 Å². The zero-order valence-corrected chi connectivity index (χ0v) is 13.9. The molecule has 4 nitrogen and oxygen atoms in total. The SMILES string of the molecule is CN=C(NCCNC(C)(C)C)NC(C)c1ccc(F)c(F)c1. The van der Waals surface area contributed by atoms with Gasteiger partial charge in [-0.15, -0.1) is 0 Å². The van der Waals surface area contributed by atoms with E-state index in [2.05, 4.69) is 41.7 Å². The lowest BCUT2D eigenvalue weighted by atomic mass is 10.1. The maximum Gasteiger partial charge on any atom is 0.191 e. The number of hydrogen-bond donors (Lipinski definition) is 3. The number of rotatable bonds is 5. The van der Waals surface area contributed by atoms with E-state index in [-0.39, 0.29) is 11.6 Å². The molecule has 0 fully saturated rings. The standard InChI is InChI=1S/C16H26F2N4/c1-11(12-6-7-13(17)14(18)10-12)22-15(19-5)20-8-9-21-16(2,3)4/h6-7,10-11,21H,8-9H2,1-5H3,(H2,19,20,22). The topological polar surface area (TPSA) is 48.5 Å². The van der Waals surface area contributed by atoms with Gasteiger partial charge in [-0.05, 0) is 45.4 Å². The first kappa shape index (κ1) is 18.4. The Bertz CT molecular complexity index is 509. The van der Waals surface area contributed by atoms with Crippen LogP contribution in [-0.2, 0) is 0 Å². The summed E-state index contributed by atoms with van der Waals surface area (Å²) >= 11 is 0. The van der Waals surface area contributed by atoms with Crippen molar-refractivity contribution in [3.63, 3.8) is 0 Å². The molecule has 0 amide bonds. The largest absolute Gasteiger partial charge is 0.355 e. The van der Waals surface area contributed by atoms with E-state index >= 15 is 0 Å². The molecule has 1 aromatic carbocycles. The highest BCUT2D eigenvalue weighted by molar-refractivity contribution is 5.80. The second-order valence-electron chi connectivity index (χ2n) is 6.22. The Hall–Kier alpha value is -1.69. The molecular weight excluding hydrogens is 286 g/mol. The van der Waals surface area contributed by atoms with E-state index in [1.54, 1.807) is 13.1 Å². The van der Waals surface area contributed by atoms with Crippen molar-refractivity contribution in [1.82, 2.24) is 16.0 Å². The first-order chi connectivity index (χ1) is 10.2. The van der Waals surface area contributed by atoms with Crippen LogP contribution < -0.4 is 16.0 Å². The average molecular weight is 312 g/mol. The van der Waals surface area contributed by atoms with Crippen LogP contribution in [0.1, 0.15) is 39.3 Å². The van der Waals surface area contributed by atoms with E-state index in [0.717, 1.165) is 12.6 Å². The van der Waals surface area contributed by atoms with Crippen LogP contribution in [0, 0.1) is 11.6 Å². The van der Waals surface area contributed by atoms with E-state index in [1.807, 2.05) is 6.92 Å². The number of halogens is 2. The molecule has 0 saturated carbocycles. The van der Waals surface area contributed by atoms with Crippen molar-refractivity contribution < 1.29 is 8.78 Å². The zero-order valence-electron chi connectivity index (χ0n) is 13.9. The summed E-state index contributed by atoms with van der Waals surface area (Å²) in [4.78, 5) is 4.13. The molecule has 0 spiro atoms. The maximum atomic E-state index is 13.3. The number of nitrogens with zero attached hydrogens (tertiary/aromatic N) is 1. The summed E-state index contributed by atoms with van der Waals surface area (Å²) < 4.78 is 26.2. The monoisotopic (exact) mass is 312 g/mol. The van der Waals surface area contributed by atoms with Crippen molar-refractivity contribution in [2.24, 2.45) is 4.99 Å². The molecule has 0 saturated heterocycles. The predicted molar refractivity (Wildman–Crippen MR) is 87.0 cm³/mol. The fraction of sp³-hybridized carbons (Fsp3) is 0.562. The van der Waals surface area contributed by atoms with Crippen LogP contribution in [0.5, 0.6) is 0 Å². The number of benzene rings is 1. The third-order valence-electron chi connectivity index (χ3n) is 3.09. The fourth-order valence-electron chi connectivity index (χ4n) is 1.88. The summed E-state index contributed by atoms with van der Waals surface area (Å²) in [5, 5.41) is 9.69.